The maximum atomic E-state index is 13.5. The van der Waals surface area contributed by atoms with Crippen molar-refractivity contribution in [3.8, 4) is 11.5 Å². The highest BCUT2D eigenvalue weighted by atomic mass is 19.1. The summed E-state index contributed by atoms with van der Waals surface area (Å²) in [6.45, 7) is 0.754. The summed E-state index contributed by atoms with van der Waals surface area (Å²) < 4.78 is 31.7. The molecule has 2 aromatic rings. The molecule has 1 aliphatic rings. The highest BCUT2D eigenvalue weighted by Gasteiger charge is 2.14. The van der Waals surface area contributed by atoms with Crippen molar-refractivity contribution in [1.82, 2.24) is 0 Å². The molecule has 5 heteroatoms. The molecule has 0 aromatic heterocycles. The number of rotatable bonds is 3. The van der Waals surface area contributed by atoms with Crippen molar-refractivity contribution in [3.05, 3.63) is 59.7 Å². The summed E-state index contributed by atoms with van der Waals surface area (Å²) in [5.74, 6) is -0.857. The fraction of sp³-hybridized carbons (Fsp3) is 0.200. The molecular formula is C15H12F2N2O. The molecule has 0 amide bonds. The van der Waals surface area contributed by atoms with Crippen molar-refractivity contribution in [2.75, 3.05) is 6.54 Å². The Bertz CT molecular complexity index is 641. The Morgan fingerprint density at radius 1 is 1.05 bits per heavy atom. The van der Waals surface area contributed by atoms with Gasteiger partial charge in [0, 0.05) is 6.07 Å². The Hall–Kier alpha value is -2.30. The third-order valence-electron chi connectivity index (χ3n) is 3.11. The molecule has 1 heterocycles. The van der Waals surface area contributed by atoms with Gasteiger partial charge in [0.2, 0.25) is 0 Å². The van der Waals surface area contributed by atoms with Crippen molar-refractivity contribution >= 4 is 0 Å². The predicted octanol–water partition coefficient (Wildman–Crippen LogP) is 4.65. The molecule has 2 aromatic carbocycles. The summed E-state index contributed by atoms with van der Waals surface area (Å²) >= 11 is 0. The van der Waals surface area contributed by atoms with Crippen LogP contribution < -0.4 is 4.74 Å². The monoisotopic (exact) mass is 274 g/mol. The Balaban J connectivity index is 1.76. The first kappa shape index (κ1) is 12.7. The van der Waals surface area contributed by atoms with Gasteiger partial charge in [-0.2, -0.15) is 10.2 Å². The van der Waals surface area contributed by atoms with Gasteiger partial charge >= 0.3 is 0 Å². The van der Waals surface area contributed by atoms with E-state index in [0.717, 1.165) is 30.7 Å². The van der Waals surface area contributed by atoms with E-state index in [4.69, 9.17) is 4.74 Å². The van der Waals surface area contributed by atoms with E-state index >= 15 is 0 Å². The van der Waals surface area contributed by atoms with Crippen molar-refractivity contribution in [1.29, 1.82) is 0 Å². The molecule has 0 fully saturated rings. The van der Waals surface area contributed by atoms with Crippen LogP contribution in [0, 0.1) is 11.6 Å². The van der Waals surface area contributed by atoms with E-state index in [-0.39, 0.29) is 11.8 Å². The van der Waals surface area contributed by atoms with Gasteiger partial charge in [0.25, 0.3) is 0 Å². The lowest BCUT2D eigenvalue weighted by atomic mass is 10.1. The fourth-order valence-corrected chi connectivity index (χ4v) is 2.07. The zero-order valence-corrected chi connectivity index (χ0v) is 10.6. The number of halogens is 2. The van der Waals surface area contributed by atoms with E-state index in [1.54, 1.807) is 12.1 Å². The van der Waals surface area contributed by atoms with Crippen LogP contribution in [0.15, 0.2) is 52.7 Å². The second kappa shape index (κ2) is 5.36. The number of benzene rings is 2. The van der Waals surface area contributed by atoms with Gasteiger partial charge in [-0.25, -0.2) is 8.78 Å². The fourth-order valence-electron chi connectivity index (χ4n) is 2.07. The molecule has 1 unspecified atom stereocenters. The molecule has 1 aliphatic heterocycles. The van der Waals surface area contributed by atoms with Crippen LogP contribution in [0.2, 0.25) is 0 Å². The van der Waals surface area contributed by atoms with Crippen LogP contribution in [-0.2, 0) is 0 Å². The molecule has 0 bridgehead atoms. The standard InChI is InChI=1S/C15H12F2N2O/c16-11-3-6-15(13(17)9-11)20-12-4-1-10(2-5-12)14-7-8-18-19-14/h1-6,9,14H,7-8H2. The van der Waals surface area contributed by atoms with E-state index in [1.807, 2.05) is 12.1 Å². The van der Waals surface area contributed by atoms with Crippen LogP contribution in [0.1, 0.15) is 18.0 Å². The van der Waals surface area contributed by atoms with Crippen LogP contribution in [0.4, 0.5) is 8.78 Å². The van der Waals surface area contributed by atoms with Gasteiger partial charge in [-0.15, -0.1) is 0 Å². The number of ether oxygens (including phenoxy) is 1. The highest BCUT2D eigenvalue weighted by molar-refractivity contribution is 5.35. The SMILES string of the molecule is Fc1ccc(Oc2ccc(C3CCN=N3)cc2)c(F)c1. The first-order chi connectivity index (χ1) is 9.72. The average molecular weight is 274 g/mol. The van der Waals surface area contributed by atoms with Gasteiger partial charge in [-0.05, 0) is 36.2 Å². The molecule has 0 aliphatic carbocycles. The van der Waals surface area contributed by atoms with Crippen molar-refractivity contribution < 1.29 is 13.5 Å². The maximum Gasteiger partial charge on any atom is 0.168 e. The smallest absolute Gasteiger partial charge is 0.168 e. The largest absolute Gasteiger partial charge is 0.454 e. The van der Waals surface area contributed by atoms with Gasteiger partial charge in [0.15, 0.2) is 11.6 Å². The summed E-state index contributed by atoms with van der Waals surface area (Å²) in [6, 6.07) is 10.6. The summed E-state index contributed by atoms with van der Waals surface area (Å²) in [5.41, 5.74) is 1.05. The quantitative estimate of drug-likeness (QED) is 0.801. The minimum atomic E-state index is -0.723. The molecule has 0 radical (unpaired) electrons. The Kier molecular flexibility index (Phi) is 3.41. The molecule has 20 heavy (non-hydrogen) atoms. The Morgan fingerprint density at radius 3 is 2.50 bits per heavy atom. The van der Waals surface area contributed by atoms with Crippen molar-refractivity contribution in [2.45, 2.75) is 12.5 Å². The molecule has 0 spiro atoms. The third kappa shape index (κ3) is 2.66. The molecule has 1 atom stereocenters. The number of hydrogen-bond acceptors (Lipinski definition) is 3. The van der Waals surface area contributed by atoms with Crippen LogP contribution in [0.25, 0.3) is 0 Å². The molecule has 3 nitrogen and oxygen atoms in total. The summed E-state index contributed by atoms with van der Waals surface area (Å²) in [4.78, 5) is 0. The van der Waals surface area contributed by atoms with Gasteiger partial charge in [-0.3, -0.25) is 0 Å². The normalized spacial score (nSPS) is 17.4. The van der Waals surface area contributed by atoms with Crippen LogP contribution in [-0.4, -0.2) is 6.54 Å². The zero-order chi connectivity index (χ0) is 13.9. The van der Waals surface area contributed by atoms with Gasteiger partial charge in [0.05, 0.1) is 12.6 Å². The van der Waals surface area contributed by atoms with E-state index in [2.05, 4.69) is 10.2 Å². The van der Waals surface area contributed by atoms with Crippen LogP contribution in [0.5, 0.6) is 11.5 Å². The minimum Gasteiger partial charge on any atom is -0.454 e. The summed E-state index contributed by atoms with van der Waals surface area (Å²) in [7, 11) is 0. The molecular weight excluding hydrogens is 262 g/mol. The van der Waals surface area contributed by atoms with Gasteiger partial charge in [0.1, 0.15) is 11.6 Å². The van der Waals surface area contributed by atoms with Crippen LogP contribution >= 0.6 is 0 Å². The lowest BCUT2D eigenvalue weighted by Gasteiger charge is -2.09. The van der Waals surface area contributed by atoms with E-state index in [1.165, 1.54) is 6.07 Å². The summed E-state index contributed by atoms with van der Waals surface area (Å²) in [6.07, 6.45) is 0.910. The first-order valence-corrected chi connectivity index (χ1v) is 6.32. The molecule has 102 valence electrons. The van der Waals surface area contributed by atoms with Gasteiger partial charge < -0.3 is 4.74 Å². The topological polar surface area (TPSA) is 34.0 Å². The van der Waals surface area contributed by atoms with E-state index in [9.17, 15) is 8.78 Å². The molecule has 0 saturated heterocycles. The minimum absolute atomic E-state index is 0.000274. The second-order valence-corrected chi connectivity index (χ2v) is 4.53. The average Bonchev–Trinajstić information content (AvgIpc) is 2.97. The first-order valence-electron chi connectivity index (χ1n) is 6.32. The zero-order valence-electron chi connectivity index (χ0n) is 10.6. The molecule has 0 saturated carbocycles. The Morgan fingerprint density at radius 2 is 1.85 bits per heavy atom. The Labute approximate surface area is 114 Å². The van der Waals surface area contributed by atoms with Crippen molar-refractivity contribution in [2.24, 2.45) is 10.2 Å². The second-order valence-electron chi connectivity index (χ2n) is 4.53. The third-order valence-corrected chi connectivity index (χ3v) is 3.11. The summed E-state index contributed by atoms with van der Waals surface area (Å²) in [5, 5.41) is 8.09. The van der Waals surface area contributed by atoms with Gasteiger partial charge in [-0.1, -0.05) is 12.1 Å². The van der Waals surface area contributed by atoms with Crippen molar-refractivity contribution in [3.63, 3.8) is 0 Å². The van der Waals surface area contributed by atoms with Crippen LogP contribution in [0.3, 0.4) is 0 Å². The predicted molar refractivity (Wildman–Crippen MR) is 70.0 cm³/mol. The van der Waals surface area contributed by atoms with E-state index in [0.29, 0.717) is 5.75 Å². The number of nitrogens with zero attached hydrogens (tertiary/aromatic N) is 2. The maximum absolute atomic E-state index is 13.5. The van der Waals surface area contributed by atoms with E-state index < -0.39 is 11.6 Å². The lowest BCUT2D eigenvalue weighted by molar-refractivity contribution is 0.437. The number of azo groups is 1. The molecule has 3 rings (SSSR count). The molecule has 0 N–H and O–H groups in total. The lowest BCUT2D eigenvalue weighted by Crippen LogP contribution is -1.93. The number of hydrogen-bond donors (Lipinski definition) is 0. The highest BCUT2D eigenvalue weighted by Crippen LogP contribution is 2.29.